The first kappa shape index (κ1) is 14.2. The Morgan fingerprint density at radius 1 is 1.39 bits per heavy atom. The van der Waals surface area contributed by atoms with Crippen molar-refractivity contribution in [3.63, 3.8) is 0 Å². The molecule has 0 saturated carbocycles. The highest BCUT2D eigenvalue weighted by atomic mass is 16.1. The summed E-state index contributed by atoms with van der Waals surface area (Å²) in [6, 6.07) is 11.9. The number of hydrogen-bond acceptors (Lipinski definition) is 3. The van der Waals surface area contributed by atoms with Gasteiger partial charge in [0.1, 0.15) is 0 Å². The molecule has 1 amide bonds. The third kappa shape index (κ3) is 4.98. The van der Waals surface area contributed by atoms with Crippen molar-refractivity contribution in [3.8, 4) is 6.07 Å². The third-order valence-electron chi connectivity index (χ3n) is 2.61. The van der Waals surface area contributed by atoms with E-state index in [2.05, 4.69) is 16.7 Å². The molecular weight excluding hydrogens is 226 g/mol. The van der Waals surface area contributed by atoms with Crippen molar-refractivity contribution in [2.75, 3.05) is 19.6 Å². The number of nitrogens with one attached hydrogen (secondary N) is 2. The van der Waals surface area contributed by atoms with E-state index in [4.69, 9.17) is 5.26 Å². The summed E-state index contributed by atoms with van der Waals surface area (Å²) in [5.41, 5.74) is 1.01. The van der Waals surface area contributed by atoms with E-state index in [-0.39, 0.29) is 11.8 Å². The van der Waals surface area contributed by atoms with Crippen molar-refractivity contribution in [2.45, 2.75) is 19.3 Å². The molecule has 0 spiro atoms. The first-order chi connectivity index (χ1) is 8.77. The molecule has 1 atom stereocenters. The zero-order valence-corrected chi connectivity index (χ0v) is 10.6. The smallest absolute Gasteiger partial charge is 0.221 e. The van der Waals surface area contributed by atoms with Gasteiger partial charge in [-0.05, 0) is 12.5 Å². The Bertz CT molecular complexity index is 397. The van der Waals surface area contributed by atoms with E-state index in [0.717, 1.165) is 5.56 Å². The van der Waals surface area contributed by atoms with E-state index < -0.39 is 0 Å². The van der Waals surface area contributed by atoms with Gasteiger partial charge in [0.05, 0.1) is 12.0 Å². The first-order valence-electron chi connectivity index (χ1n) is 6.20. The highest BCUT2D eigenvalue weighted by Crippen LogP contribution is 2.12. The topological polar surface area (TPSA) is 64.9 Å². The van der Waals surface area contributed by atoms with Crippen LogP contribution in [0.15, 0.2) is 30.3 Å². The maximum atomic E-state index is 11.2. The van der Waals surface area contributed by atoms with E-state index >= 15 is 0 Å². The maximum Gasteiger partial charge on any atom is 0.221 e. The van der Waals surface area contributed by atoms with E-state index in [1.165, 1.54) is 0 Å². The van der Waals surface area contributed by atoms with Crippen molar-refractivity contribution in [1.29, 1.82) is 5.26 Å². The van der Waals surface area contributed by atoms with Crippen LogP contribution in [0.3, 0.4) is 0 Å². The molecule has 1 aromatic rings. The predicted molar refractivity (Wildman–Crippen MR) is 71.0 cm³/mol. The molecular formula is C14H19N3O. The van der Waals surface area contributed by atoms with Gasteiger partial charge in [-0.25, -0.2) is 0 Å². The second-order valence-corrected chi connectivity index (χ2v) is 4.00. The van der Waals surface area contributed by atoms with Crippen molar-refractivity contribution in [1.82, 2.24) is 10.6 Å². The Balaban J connectivity index is 2.29. The molecule has 0 aromatic heterocycles. The third-order valence-corrected chi connectivity index (χ3v) is 2.61. The quantitative estimate of drug-likeness (QED) is 0.714. The van der Waals surface area contributed by atoms with Gasteiger partial charge in [-0.1, -0.05) is 30.3 Å². The van der Waals surface area contributed by atoms with Crippen LogP contribution in [0.1, 0.15) is 24.8 Å². The standard InChI is InChI=1S/C14H19N3O/c1-2-17-14(18)8-9-16-11-13(10-15)12-6-4-3-5-7-12/h3-7,13,16H,2,8-9,11H2,1H3,(H,17,18). The van der Waals surface area contributed by atoms with E-state index in [1.807, 2.05) is 37.3 Å². The lowest BCUT2D eigenvalue weighted by atomic mass is 10.0. The average Bonchev–Trinajstić information content (AvgIpc) is 2.40. The lowest BCUT2D eigenvalue weighted by Crippen LogP contribution is -2.29. The Hall–Kier alpha value is -1.86. The fraction of sp³-hybridized carbons (Fsp3) is 0.429. The van der Waals surface area contributed by atoms with Crippen LogP contribution in [-0.2, 0) is 4.79 Å². The second-order valence-electron chi connectivity index (χ2n) is 4.00. The largest absolute Gasteiger partial charge is 0.356 e. The average molecular weight is 245 g/mol. The molecule has 0 aliphatic heterocycles. The van der Waals surface area contributed by atoms with Crippen LogP contribution in [-0.4, -0.2) is 25.5 Å². The van der Waals surface area contributed by atoms with Gasteiger partial charge in [0.2, 0.25) is 5.91 Å². The SMILES string of the molecule is CCNC(=O)CCNCC(C#N)c1ccccc1. The Labute approximate surface area is 108 Å². The summed E-state index contributed by atoms with van der Waals surface area (Å²) in [4.78, 5) is 11.2. The van der Waals surface area contributed by atoms with Gasteiger partial charge in [0.15, 0.2) is 0 Å². The van der Waals surface area contributed by atoms with Crippen LogP contribution in [0.2, 0.25) is 0 Å². The fourth-order valence-corrected chi connectivity index (χ4v) is 1.66. The number of nitrogens with zero attached hydrogens (tertiary/aromatic N) is 1. The van der Waals surface area contributed by atoms with Gasteiger partial charge in [-0.3, -0.25) is 4.79 Å². The summed E-state index contributed by atoms with van der Waals surface area (Å²) in [7, 11) is 0. The predicted octanol–water partition coefficient (Wildman–Crippen LogP) is 1.41. The molecule has 0 aliphatic rings. The minimum absolute atomic E-state index is 0.0400. The molecule has 2 N–H and O–H groups in total. The maximum absolute atomic E-state index is 11.2. The molecule has 0 fully saturated rings. The van der Waals surface area contributed by atoms with Crippen LogP contribution in [0, 0.1) is 11.3 Å². The van der Waals surface area contributed by atoms with Gasteiger partial charge in [-0.15, -0.1) is 0 Å². The number of carbonyl (C=O) groups excluding carboxylic acids is 1. The lowest BCUT2D eigenvalue weighted by molar-refractivity contribution is -0.120. The first-order valence-corrected chi connectivity index (χ1v) is 6.20. The summed E-state index contributed by atoms with van der Waals surface area (Å²) in [6.45, 7) is 3.72. The van der Waals surface area contributed by atoms with Crippen LogP contribution in [0.4, 0.5) is 0 Å². The number of amides is 1. The molecule has 1 unspecified atom stereocenters. The molecule has 0 bridgehead atoms. The summed E-state index contributed by atoms with van der Waals surface area (Å²) in [5.74, 6) is -0.126. The van der Waals surface area contributed by atoms with Crippen molar-refractivity contribution < 1.29 is 4.79 Å². The summed E-state index contributed by atoms with van der Waals surface area (Å²) >= 11 is 0. The number of rotatable bonds is 7. The molecule has 4 nitrogen and oxygen atoms in total. The Kier molecular flexibility index (Phi) is 6.52. The number of benzene rings is 1. The van der Waals surface area contributed by atoms with E-state index in [1.54, 1.807) is 0 Å². The van der Waals surface area contributed by atoms with Gasteiger partial charge >= 0.3 is 0 Å². The minimum Gasteiger partial charge on any atom is -0.356 e. The number of hydrogen-bond donors (Lipinski definition) is 2. The van der Waals surface area contributed by atoms with Crippen LogP contribution in [0.5, 0.6) is 0 Å². The highest BCUT2D eigenvalue weighted by molar-refractivity contribution is 5.75. The van der Waals surface area contributed by atoms with E-state index in [9.17, 15) is 4.79 Å². The normalized spacial score (nSPS) is 11.6. The van der Waals surface area contributed by atoms with Crippen LogP contribution >= 0.6 is 0 Å². The van der Waals surface area contributed by atoms with Gasteiger partial charge in [0, 0.05) is 26.1 Å². The Morgan fingerprint density at radius 2 is 2.11 bits per heavy atom. The zero-order valence-electron chi connectivity index (χ0n) is 10.6. The van der Waals surface area contributed by atoms with Crippen molar-refractivity contribution >= 4 is 5.91 Å². The van der Waals surface area contributed by atoms with Crippen molar-refractivity contribution in [2.24, 2.45) is 0 Å². The molecule has 0 aliphatic carbocycles. The molecule has 0 radical (unpaired) electrons. The molecule has 1 rings (SSSR count). The Morgan fingerprint density at radius 3 is 2.72 bits per heavy atom. The molecule has 1 aromatic carbocycles. The van der Waals surface area contributed by atoms with Gasteiger partial charge in [0.25, 0.3) is 0 Å². The van der Waals surface area contributed by atoms with Crippen LogP contribution in [0.25, 0.3) is 0 Å². The second kappa shape index (κ2) is 8.26. The molecule has 0 saturated heterocycles. The van der Waals surface area contributed by atoms with Gasteiger partial charge in [-0.2, -0.15) is 5.26 Å². The highest BCUT2D eigenvalue weighted by Gasteiger charge is 2.09. The molecule has 18 heavy (non-hydrogen) atoms. The summed E-state index contributed by atoms with van der Waals surface area (Å²) < 4.78 is 0. The van der Waals surface area contributed by atoms with Gasteiger partial charge < -0.3 is 10.6 Å². The molecule has 0 heterocycles. The zero-order chi connectivity index (χ0) is 13.2. The summed E-state index contributed by atoms with van der Waals surface area (Å²) in [6.07, 6.45) is 0.445. The lowest BCUT2D eigenvalue weighted by Gasteiger charge is -2.10. The number of nitriles is 1. The summed E-state index contributed by atoms with van der Waals surface area (Å²) in [5, 5.41) is 15.0. The van der Waals surface area contributed by atoms with E-state index in [0.29, 0.717) is 26.1 Å². The molecule has 96 valence electrons. The van der Waals surface area contributed by atoms with Crippen LogP contribution < -0.4 is 10.6 Å². The minimum atomic E-state index is -0.166. The monoisotopic (exact) mass is 245 g/mol. The van der Waals surface area contributed by atoms with Crippen molar-refractivity contribution in [3.05, 3.63) is 35.9 Å². The number of carbonyl (C=O) groups is 1. The fourth-order valence-electron chi connectivity index (χ4n) is 1.66. The molecule has 4 heteroatoms.